The molecule has 0 aliphatic carbocycles. The van der Waals surface area contributed by atoms with Crippen LogP contribution in [0.2, 0.25) is 0 Å². The number of rotatable bonds is 6. The van der Waals surface area contributed by atoms with Crippen LogP contribution in [0, 0.1) is 0 Å². The third-order valence-electron chi connectivity index (χ3n) is 12.3. The van der Waals surface area contributed by atoms with Gasteiger partial charge in [0.25, 0.3) is 0 Å². The molecule has 0 saturated heterocycles. The van der Waals surface area contributed by atoms with E-state index < -0.39 is 0 Å². The Hall–Kier alpha value is -7.82. The SMILES string of the molecule is c1ccc(N(c2ccccc2)c2ccc3c(c2)c2cc4c5cc(N(c6ccccc6)c6ccccc6)cc6c7ccccc7n(c65)c4c4c5ccccc5n3c24)cc1. The van der Waals surface area contributed by atoms with E-state index in [4.69, 9.17) is 0 Å². The van der Waals surface area contributed by atoms with Crippen molar-refractivity contribution in [3.05, 3.63) is 206 Å². The predicted octanol–water partition coefficient (Wildman–Crippen LogP) is 14.9. The van der Waals surface area contributed by atoms with Crippen LogP contribution in [-0.4, -0.2) is 8.80 Å². The van der Waals surface area contributed by atoms with Crippen LogP contribution in [0.3, 0.4) is 0 Å². The van der Waals surface area contributed by atoms with Crippen LogP contribution in [0.1, 0.15) is 0 Å². The van der Waals surface area contributed by atoms with Crippen molar-refractivity contribution in [1.82, 2.24) is 8.80 Å². The van der Waals surface area contributed by atoms with Crippen molar-refractivity contribution in [2.45, 2.75) is 0 Å². The van der Waals surface area contributed by atoms with Gasteiger partial charge in [-0.15, -0.1) is 0 Å². The summed E-state index contributed by atoms with van der Waals surface area (Å²) in [5, 5.41) is 10.1. The zero-order valence-electron chi connectivity index (χ0n) is 31.4. The number of hydrogen-bond acceptors (Lipinski definition) is 2. The molecule has 0 bridgehead atoms. The molecule has 13 rings (SSSR count). The Morgan fingerprint density at radius 3 is 1.22 bits per heavy atom. The number of para-hydroxylation sites is 6. The number of benzene rings is 9. The quantitative estimate of drug-likeness (QED) is 0.169. The minimum absolute atomic E-state index is 1.13. The number of nitrogens with zero attached hydrogens (tertiary/aromatic N) is 4. The monoisotopic (exact) mass is 738 g/mol. The Kier molecular flexibility index (Phi) is 6.41. The second-order valence-corrected chi connectivity index (χ2v) is 15.4. The van der Waals surface area contributed by atoms with E-state index in [1.807, 2.05) is 0 Å². The minimum Gasteiger partial charge on any atom is -0.310 e. The van der Waals surface area contributed by atoms with Gasteiger partial charge in [0.05, 0.1) is 33.1 Å². The predicted molar refractivity (Wildman–Crippen MR) is 245 cm³/mol. The molecular formula is C54H34N4. The third kappa shape index (κ3) is 4.23. The van der Waals surface area contributed by atoms with Crippen LogP contribution in [-0.2, 0) is 0 Å². The summed E-state index contributed by atoms with van der Waals surface area (Å²) in [6.45, 7) is 0. The van der Waals surface area contributed by atoms with E-state index in [1.54, 1.807) is 0 Å². The van der Waals surface area contributed by atoms with Crippen molar-refractivity contribution in [3.8, 4) is 0 Å². The van der Waals surface area contributed by atoms with Gasteiger partial charge in [0.2, 0.25) is 0 Å². The lowest BCUT2D eigenvalue weighted by atomic mass is 10.0. The Morgan fingerprint density at radius 1 is 0.241 bits per heavy atom. The second-order valence-electron chi connectivity index (χ2n) is 15.4. The fourth-order valence-corrected chi connectivity index (χ4v) is 9.97. The molecule has 0 fully saturated rings. The molecule has 13 aromatic rings. The molecule has 4 aromatic heterocycles. The zero-order valence-corrected chi connectivity index (χ0v) is 31.4. The van der Waals surface area contributed by atoms with Gasteiger partial charge in [-0.25, -0.2) is 0 Å². The molecule has 0 aliphatic heterocycles. The van der Waals surface area contributed by atoms with Gasteiger partial charge in [0.15, 0.2) is 0 Å². The number of anilines is 6. The second kappa shape index (κ2) is 11.8. The maximum absolute atomic E-state index is 2.56. The number of fused-ring (bicyclic) bond motifs is 13. The first kappa shape index (κ1) is 31.4. The Morgan fingerprint density at radius 2 is 0.638 bits per heavy atom. The van der Waals surface area contributed by atoms with Crippen LogP contribution in [0.4, 0.5) is 34.1 Å². The molecule has 4 heterocycles. The number of hydrogen-bond donors (Lipinski definition) is 0. The summed E-state index contributed by atoms with van der Waals surface area (Å²) in [5.41, 5.74) is 14.2. The first-order valence-electron chi connectivity index (χ1n) is 20.0. The Bertz CT molecular complexity index is 3580. The van der Waals surface area contributed by atoms with Crippen molar-refractivity contribution in [2.24, 2.45) is 0 Å². The van der Waals surface area contributed by atoms with Gasteiger partial charge in [-0.2, -0.15) is 0 Å². The lowest BCUT2D eigenvalue weighted by Crippen LogP contribution is -2.09. The van der Waals surface area contributed by atoms with E-state index in [-0.39, 0.29) is 0 Å². The van der Waals surface area contributed by atoms with Crippen molar-refractivity contribution in [3.63, 3.8) is 0 Å². The fraction of sp³-hybridized carbons (Fsp3) is 0. The highest BCUT2D eigenvalue weighted by molar-refractivity contribution is 6.37. The lowest BCUT2D eigenvalue weighted by Gasteiger charge is -2.25. The highest BCUT2D eigenvalue weighted by Gasteiger charge is 2.27. The average molecular weight is 739 g/mol. The molecule has 4 heteroatoms. The molecule has 9 aromatic carbocycles. The highest BCUT2D eigenvalue weighted by Crippen LogP contribution is 2.50. The highest BCUT2D eigenvalue weighted by atomic mass is 15.1. The third-order valence-corrected chi connectivity index (χ3v) is 12.3. The lowest BCUT2D eigenvalue weighted by molar-refractivity contribution is 1.29. The standard InChI is InChI=1S/C54H34N4/c1-5-17-35(18-6-1)55(36-19-7-2-8-20-36)39-29-30-50-43(31-39)46-34-47-45-33-40(56(37-21-9-3-10-22-37)38-23-11-4-12-24-38)32-44-41-25-13-15-27-48(41)58(52(44)45)54(47)51-42-26-14-16-28-49(42)57(50)53(46)51/h1-34H. The van der Waals surface area contributed by atoms with Gasteiger partial charge < -0.3 is 18.6 Å². The van der Waals surface area contributed by atoms with Gasteiger partial charge in [0.1, 0.15) is 0 Å². The van der Waals surface area contributed by atoms with Crippen molar-refractivity contribution in [2.75, 3.05) is 9.80 Å². The Labute approximate surface area is 333 Å². The molecule has 58 heavy (non-hydrogen) atoms. The van der Waals surface area contributed by atoms with E-state index in [2.05, 4.69) is 225 Å². The van der Waals surface area contributed by atoms with Crippen LogP contribution in [0.5, 0.6) is 0 Å². The molecule has 270 valence electrons. The van der Waals surface area contributed by atoms with Crippen molar-refractivity contribution >= 4 is 110 Å². The number of aromatic nitrogens is 2. The maximum Gasteiger partial charge on any atom is 0.0642 e. The molecule has 0 atom stereocenters. The van der Waals surface area contributed by atoms with E-state index in [0.717, 1.165) is 34.1 Å². The molecule has 0 radical (unpaired) electrons. The molecular weight excluding hydrogens is 705 g/mol. The van der Waals surface area contributed by atoms with Gasteiger partial charge >= 0.3 is 0 Å². The summed E-state index contributed by atoms with van der Waals surface area (Å²) in [6, 6.07) is 75.1. The van der Waals surface area contributed by atoms with Crippen molar-refractivity contribution in [1.29, 1.82) is 0 Å². The van der Waals surface area contributed by atoms with Gasteiger partial charge in [0, 0.05) is 77.2 Å². The Balaban J connectivity index is 1.19. The van der Waals surface area contributed by atoms with E-state index in [9.17, 15) is 0 Å². The summed E-state index contributed by atoms with van der Waals surface area (Å²) in [7, 11) is 0. The first-order chi connectivity index (χ1) is 28.8. The van der Waals surface area contributed by atoms with Crippen LogP contribution in [0.25, 0.3) is 76.2 Å². The van der Waals surface area contributed by atoms with Crippen LogP contribution >= 0.6 is 0 Å². The fourth-order valence-electron chi connectivity index (χ4n) is 9.97. The summed E-state index contributed by atoms with van der Waals surface area (Å²) in [5.74, 6) is 0. The van der Waals surface area contributed by atoms with Gasteiger partial charge in [-0.3, -0.25) is 0 Å². The van der Waals surface area contributed by atoms with Crippen molar-refractivity contribution < 1.29 is 0 Å². The molecule has 0 N–H and O–H groups in total. The normalized spacial score (nSPS) is 12.1. The molecule has 0 amide bonds. The summed E-state index contributed by atoms with van der Waals surface area (Å²) in [4.78, 5) is 4.76. The molecule has 0 aliphatic rings. The summed E-state index contributed by atoms with van der Waals surface area (Å²) < 4.78 is 5.07. The van der Waals surface area contributed by atoms with Gasteiger partial charge in [-0.1, -0.05) is 109 Å². The molecule has 0 saturated carbocycles. The molecule has 0 spiro atoms. The van der Waals surface area contributed by atoms with E-state index in [1.165, 1.54) is 76.2 Å². The molecule has 0 unspecified atom stereocenters. The average Bonchev–Trinajstić information content (AvgIpc) is 4.01. The summed E-state index contributed by atoms with van der Waals surface area (Å²) in [6.07, 6.45) is 0. The van der Waals surface area contributed by atoms with E-state index in [0.29, 0.717) is 0 Å². The smallest absolute Gasteiger partial charge is 0.0642 e. The molecule has 4 nitrogen and oxygen atoms in total. The largest absolute Gasteiger partial charge is 0.310 e. The van der Waals surface area contributed by atoms with Crippen LogP contribution in [0.15, 0.2) is 206 Å². The zero-order chi connectivity index (χ0) is 37.9. The maximum atomic E-state index is 2.56. The topological polar surface area (TPSA) is 15.3 Å². The first-order valence-corrected chi connectivity index (χ1v) is 20.0. The van der Waals surface area contributed by atoms with Crippen LogP contribution < -0.4 is 9.80 Å². The summed E-state index contributed by atoms with van der Waals surface area (Å²) >= 11 is 0. The van der Waals surface area contributed by atoms with E-state index >= 15 is 0 Å². The minimum atomic E-state index is 1.13. The van der Waals surface area contributed by atoms with Gasteiger partial charge in [-0.05, 0) is 97.1 Å².